The van der Waals surface area contributed by atoms with Crippen molar-refractivity contribution in [3.63, 3.8) is 0 Å². The molecule has 0 bridgehead atoms. The van der Waals surface area contributed by atoms with Crippen LogP contribution >= 0.6 is 0 Å². The van der Waals surface area contributed by atoms with Gasteiger partial charge in [0.15, 0.2) is 0 Å². The average molecular weight is 233 g/mol. The minimum atomic E-state index is 0.240. The Bertz CT molecular complexity index is 306. The highest BCUT2D eigenvalue weighted by atomic mass is 15.0. The summed E-state index contributed by atoms with van der Waals surface area (Å²) in [5.74, 6) is 0. The lowest BCUT2D eigenvalue weighted by Gasteiger charge is -2.35. The molecule has 1 aromatic rings. The number of hydrogen-bond acceptors (Lipinski definition) is 1. The van der Waals surface area contributed by atoms with Crippen molar-refractivity contribution < 1.29 is 0 Å². The first kappa shape index (κ1) is 14.2. The first-order valence-corrected chi connectivity index (χ1v) is 6.80. The van der Waals surface area contributed by atoms with Crippen LogP contribution in [-0.2, 0) is 0 Å². The molecule has 0 aliphatic rings. The van der Waals surface area contributed by atoms with Crippen molar-refractivity contribution in [2.24, 2.45) is 5.41 Å². The molecule has 0 spiro atoms. The van der Waals surface area contributed by atoms with Crippen LogP contribution in [-0.4, -0.2) is 6.04 Å². The summed E-state index contributed by atoms with van der Waals surface area (Å²) in [6.07, 6.45) is 2.38. The Morgan fingerprint density at radius 1 is 1.00 bits per heavy atom. The van der Waals surface area contributed by atoms with Gasteiger partial charge < -0.3 is 5.32 Å². The van der Waals surface area contributed by atoms with Crippen LogP contribution in [0.1, 0.15) is 59.1 Å². The summed E-state index contributed by atoms with van der Waals surface area (Å²) in [5, 5.41) is 3.81. The first-order chi connectivity index (χ1) is 7.99. The van der Waals surface area contributed by atoms with E-state index in [0.29, 0.717) is 12.1 Å². The number of nitrogens with one attached hydrogen (secondary N) is 1. The fourth-order valence-corrected chi connectivity index (χ4v) is 2.25. The molecule has 0 saturated carbocycles. The van der Waals surface area contributed by atoms with Crippen LogP contribution in [0, 0.1) is 5.41 Å². The lowest BCUT2D eigenvalue weighted by molar-refractivity contribution is 0.243. The second-order valence-electron chi connectivity index (χ2n) is 5.89. The van der Waals surface area contributed by atoms with Crippen LogP contribution in [0.3, 0.4) is 0 Å². The molecule has 0 aliphatic heterocycles. The van der Waals surface area contributed by atoms with Crippen LogP contribution in [0.15, 0.2) is 30.3 Å². The van der Waals surface area contributed by atoms with Gasteiger partial charge in [-0.3, -0.25) is 0 Å². The summed E-state index contributed by atoms with van der Waals surface area (Å²) in [5.41, 5.74) is 1.64. The smallest absolute Gasteiger partial charge is 0.0371 e. The van der Waals surface area contributed by atoms with E-state index in [4.69, 9.17) is 0 Å². The summed E-state index contributed by atoms with van der Waals surface area (Å²) in [6.45, 7) is 11.4. The fraction of sp³-hybridized carbons (Fsp3) is 0.625. The first-order valence-electron chi connectivity index (χ1n) is 6.80. The Kier molecular flexibility index (Phi) is 5.20. The van der Waals surface area contributed by atoms with Crippen LogP contribution in [0.25, 0.3) is 0 Å². The van der Waals surface area contributed by atoms with Gasteiger partial charge in [-0.05, 0) is 23.8 Å². The lowest BCUT2D eigenvalue weighted by Crippen LogP contribution is -2.38. The minimum absolute atomic E-state index is 0.240. The zero-order chi connectivity index (χ0) is 12.9. The van der Waals surface area contributed by atoms with Gasteiger partial charge in [0.05, 0.1) is 0 Å². The predicted octanol–water partition coefficient (Wildman–Crippen LogP) is 4.55. The normalized spacial score (nSPS) is 14.0. The quantitative estimate of drug-likeness (QED) is 0.786. The summed E-state index contributed by atoms with van der Waals surface area (Å²) in [6, 6.07) is 11.8. The standard InChI is InChI=1S/C16H27N/c1-6-14(7-2)17-15(16(3,4)5)13-11-9-8-10-12-13/h8-12,14-15,17H,6-7H2,1-5H3. The zero-order valence-electron chi connectivity index (χ0n) is 12.0. The third-order valence-electron chi connectivity index (χ3n) is 3.39. The molecule has 1 rings (SSSR count). The van der Waals surface area contributed by atoms with Crippen LogP contribution in [0.4, 0.5) is 0 Å². The number of benzene rings is 1. The van der Waals surface area contributed by atoms with E-state index in [9.17, 15) is 0 Å². The Hall–Kier alpha value is -0.820. The Balaban J connectivity index is 2.90. The highest BCUT2D eigenvalue weighted by molar-refractivity contribution is 5.20. The van der Waals surface area contributed by atoms with Crippen molar-refractivity contribution in [2.75, 3.05) is 0 Å². The molecule has 0 fully saturated rings. The monoisotopic (exact) mass is 233 g/mol. The molecule has 96 valence electrons. The molecule has 0 heterocycles. The maximum Gasteiger partial charge on any atom is 0.0371 e. The van der Waals surface area contributed by atoms with Gasteiger partial charge in [0.25, 0.3) is 0 Å². The van der Waals surface area contributed by atoms with Gasteiger partial charge in [-0.2, -0.15) is 0 Å². The second-order valence-corrected chi connectivity index (χ2v) is 5.89. The van der Waals surface area contributed by atoms with E-state index in [2.05, 4.69) is 70.3 Å². The minimum Gasteiger partial charge on any atom is -0.307 e. The third kappa shape index (κ3) is 4.16. The van der Waals surface area contributed by atoms with E-state index >= 15 is 0 Å². The van der Waals surface area contributed by atoms with Crippen LogP contribution < -0.4 is 5.32 Å². The molecule has 0 radical (unpaired) electrons. The van der Waals surface area contributed by atoms with Gasteiger partial charge in [-0.15, -0.1) is 0 Å². The van der Waals surface area contributed by atoms with Gasteiger partial charge in [-0.25, -0.2) is 0 Å². The largest absolute Gasteiger partial charge is 0.307 e. The lowest BCUT2D eigenvalue weighted by atomic mass is 9.81. The zero-order valence-corrected chi connectivity index (χ0v) is 12.0. The molecule has 1 aromatic carbocycles. The molecule has 1 heteroatoms. The molecule has 1 atom stereocenters. The number of rotatable bonds is 5. The summed E-state index contributed by atoms with van der Waals surface area (Å²) in [7, 11) is 0. The average Bonchev–Trinajstić information content (AvgIpc) is 2.30. The molecule has 0 aromatic heterocycles. The Morgan fingerprint density at radius 3 is 1.94 bits per heavy atom. The van der Waals surface area contributed by atoms with E-state index in [1.165, 1.54) is 18.4 Å². The Morgan fingerprint density at radius 2 is 1.53 bits per heavy atom. The molecule has 0 aliphatic carbocycles. The van der Waals surface area contributed by atoms with Crippen molar-refractivity contribution in [3.8, 4) is 0 Å². The SMILES string of the molecule is CCC(CC)NC(c1ccccc1)C(C)(C)C. The summed E-state index contributed by atoms with van der Waals surface area (Å²) >= 11 is 0. The van der Waals surface area contributed by atoms with E-state index in [0.717, 1.165) is 0 Å². The molecule has 17 heavy (non-hydrogen) atoms. The summed E-state index contributed by atoms with van der Waals surface area (Å²) in [4.78, 5) is 0. The number of hydrogen-bond donors (Lipinski definition) is 1. The maximum atomic E-state index is 3.81. The van der Waals surface area contributed by atoms with Gasteiger partial charge in [-0.1, -0.05) is 65.0 Å². The third-order valence-corrected chi connectivity index (χ3v) is 3.39. The molecule has 0 saturated heterocycles. The highest BCUT2D eigenvalue weighted by Gasteiger charge is 2.27. The Labute approximate surface area is 107 Å². The molecular formula is C16H27N. The topological polar surface area (TPSA) is 12.0 Å². The van der Waals surface area contributed by atoms with Gasteiger partial charge >= 0.3 is 0 Å². The van der Waals surface area contributed by atoms with E-state index < -0.39 is 0 Å². The predicted molar refractivity (Wildman–Crippen MR) is 76.1 cm³/mol. The molecule has 1 N–H and O–H groups in total. The van der Waals surface area contributed by atoms with Crippen LogP contribution in [0.2, 0.25) is 0 Å². The van der Waals surface area contributed by atoms with Crippen molar-refractivity contribution in [1.29, 1.82) is 0 Å². The van der Waals surface area contributed by atoms with Crippen molar-refractivity contribution in [3.05, 3.63) is 35.9 Å². The molecule has 1 unspecified atom stereocenters. The molecular weight excluding hydrogens is 206 g/mol. The van der Waals surface area contributed by atoms with Gasteiger partial charge in [0.1, 0.15) is 0 Å². The molecule has 1 nitrogen and oxygen atoms in total. The van der Waals surface area contributed by atoms with Crippen molar-refractivity contribution in [2.45, 2.75) is 59.5 Å². The maximum absolute atomic E-state index is 3.81. The fourth-order valence-electron chi connectivity index (χ4n) is 2.25. The highest BCUT2D eigenvalue weighted by Crippen LogP contribution is 2.33. The molecule has 0 amide bonds. The van der Waals surface area contributed by atoms with Gasteiger partial charge in [0.2, 0.25) is 0 Å². The van der Waals surface area contributed by atoms with Crippen LogP contribution in [0.5, 0.6) is 0 Å². The van der Waals surface area contributed by atoms with Gasteiger partial charge in [0, 0.05) is 12.1 Å². The van der Waals surface area contributed by atoms with E-state index in [1.54, 1.807) is 0 Å². The van der Waals surface area contributed by atoms with E-state index in [-0.39, 0.29) is 5.41 Å². The second kappa shape index (κ2) is 6.20. The van der Waals surface area contributed by atoms with Crippen molar-refractivity contribution in [1.82, 2.24) is 5.32 Å². The van der Waals surface area contributed by atoms with E-state index in [1.807, 2.05) is 0 Å². The van der Waals surface area contributed by atoms with Crippen molar-refractivity contribution >= 4 is 0 Å². The summed E-state index contributed by atoms with van der Waals surface area (Å²) < 4.78 is 0.